The van der Waals surface area contributed by atoms with Crippen molar-refractivity contribution in [3.63, 3.8) is 0 Å². The van der Waals surface area contributed by atoms with Gasteiger partial charge in [0.25, 0.3) is 0 Å². The molecule has 0 bridgehead atoms. The molecule has 0 aliphatic heterocycles. The number of carboxylic acids is 1. The van der Waals surface area contributed by atoms with Crippen LogP contribution in [-0.2, 0) is 4.79 Å². The van der Waals surface area contributed by atoms with Crippen molar-refractivity contribution in [3.05, 3.63) is 23.4 Å². The van der Waals surface area contributed by atoms with Crippen LogP contribution in [0.1, 0.15) is 25.1 Å². The molecule has 1 aromatic heterocycles. The van der Waals surface area contributed by atoms with Gasteiger partial charge in [0.1, 0.15) is 11.4 Å². The van der Waals surface area contributed by atoms with Crippen molar-refractivity contribution in [2.24, 2.45) is 0 Å². The highest BCUT2D eigenvalue weighted by Gasteiger charge is 2.33. The molecule has 1 heterocycles. The number of hydrogen-bond acceptors (Lipinski definition) is 4. The summed E-state index contributed by atoms with van der Waals surface area (Å²) in [5.41, 5.74) is 0.0840. The maximum absolute atomic E-state index is 11.1. The van der Waals surface area contributed by atoms with Gasteiger partial charge in [0.2, 0.25) is 0 Å². The minimum absolute atomic E-state index is 0.473. The third-order valence-electron chi connectivity index (χ3n) is 2.77. The average molecular weight is 233 g/mol. The molecule has 0 aromatic carbocycles. The number of aliphatic carboxylic acids is 1. The van der Waals surface area contributed by atoms with Crippen LogP contribution in [-0.4, -0.2) is 28.6 Å². The normalized spacial score (nSPS) is 10.8. The number of carboxylic acid groups (broad SMARTS) is 1. The first-order valence-electron chi connectivity index (χ1n) is 5.15. The van der Waals surface area contributed by atoms with Crippen LogP contribution in [0.25, 0.3) is 0 Å². The summed E-state index contributed by atoms with van der Waals surface area (Å²) in [6.45, 7) is 4.95. The topological polar surface area (TPSA) is 77.2 Å². The minimum Gasteiger partial charge on any atom is -0.480 e. The summed E-state index contributed by atoms with van der Waals surface area (Å²) in [7, 11) is 1.65. The lowest BCUT2D eigenvalue weighted by Gasteiger charge is -2.32. The van der Waals surface area contributed by atoms with Crippen molar-refractivity contribution in [3.8, 4) is 6.07 Å². The molecule has 0 aliphatic rings. The van der Waals surface area contributed by atoms with E-state index in [2.05, 4.69) is 4.98 Å². The van der Waals surface area contributed by atoms with E-state index in [0.717, 1.165) is 0 Å². The first kappa shape index (κ1) is 13.0. The van der Waals surface area contributed by atoms with Gasteiger partial charge in [-0.1, -0.05) is 0 Å². The molecular weight excluding hydrogens is 218 g/mol. The number of likely N-dealkylation sites (N-methyl/N-ethyl adjacent to an activating group) is 1. The second-order valence-corrected chi connectivity index (χ2v) is 4.39. The molecule has 0 fully saturated rings. The first-order chi connectivity index (χ1) is 7.78. The van der Waals surface area contributed by atoms with Crippen LogP contribution in [0.2, 0.25) is 0 Å². The Morgan fingerprint density at radius 1 is 1.53 bits per heavy atom. The van der Waals surface area contributed by atoms with Crippen molar-refractivity contribution >= 4 is 11.8 Å². The molecule has 0 amide bonds. The SMILES string of the molecule is Cc1cc(C#N)cc(N(C)C(C)(C)C(=O)O)n1. The Morgan fingerprint density at radius 2 is 2.12 bits per heavy atom. The average Bonchev–Trinajstić information content (AvgIpc) is 2.26. The molecule has 1 rings (SSSR count). The predicted octanol–water partition coefficient (Wildman–Crippen LogP) is 1.56. The molecule has 0 radical (unpaired) electrons. The number of rotatable bonds is 3. The molecular formula is C12H15N3O2. The van der Waals surface area contributed by atoms with E-state index >= 15 is 0 Å². The quantitative estimate of drug-likeness (QED) is 0.857. The van der Waals surface area contributed by atoms with E-state index < -0.39 is 11.5 Å². The lowest BCUT2D eigenvalue weighted by atomic mass is 10.0. The summed E-state index contributed by atoms with van der Waals surface area (Å²) in [5.74, 6) is -0.462. The van der Waals surface area contributed by atoms with Crippen molar-refractivity contribution in [1.29, 1.82) is 5.26 Å². The van der Waals surface area contributed by atoms with Gasteiger partial charge in [-0.25, -0.2) is 9.78 Å². The van der Waals surface area contributed by atoms with E-state index in [0.29, 0.717) is 17.1 Å². The Kier molecular flexibility index (Phi) is 3.37. The van der Waals surface area contributed by atoms with Crippen molar-refractivity contribution in [2.75, 3.05) is 11.9 Å². The molecule has 0 spiro atoms. The number of pyridine rings is 1. The van der Waals surface area contributed by atoms with E-state index in [4.69, 9.17) is 10.4 Å². The summed E-state index contributed by atoms with van der Waals surface area (Å²) >= 11 is 0. The summed E-state index contributed by atoms with van der Waals surface area (Å²) in [6.07, 6.45) is 0. The van der Waals surface area contributed by atoms with Crippen LogP contribution in [0.15, 0.2) is 12.1 Å². The van der Waals surface area contributed by atoms with E-state index in [1.54, 1.807) is 44.9 Å². The van der Waals surface area contributed by atoms with Gasteiger partial charge >= 0.3 is 5.97 Å². The van der Waals surface area contributed by atoms with Crippen molar-refractivity contribution < 1.29 is 9.90 Å². The Labute approximate surface area is 100 Å². The lowest BCUT2D eigenvalue weighted by molar-refractivity contribution is -0.142. The zero-order valence-corrected chi connectivity index (χ0v) is 10.4. The largest absolute Gasteiger partial charge is 0.480 e. The maximum atomic E-state index is 11.1. The van der Waals surface area contributed by atoms with Gasteiger partial charge in [-0.05, 0) is 32.9 Å². The number of nitrogens with zero attached hydrogens (tertiary/aromatic N) is 3. The summed E-state index contributed by atoms with van der Waals surface area (Å²) in [6, 6.07) is 5.27. The second kappa shape index (κ2) is 4.42. The summed E-state index contributed by atoms with van der Waals surface area (Å²) in [5, 5.41) is 18.0. The van der Waals surface area contributed by atoms with Crippen LogP contribution in [0.5, 0.6) is 0 Å². The van der Waals surface area contributed by atoms with Crippen LogP contribution in [0, 0.1) is 18.3 Å². The van der Waals surface area contributed by atoms with Crippen molar-refractivity contribution in [1.82, 2.24) is 4.98 Å². The highest BCUT2D eigenvalue weighted by Crippen LogP contribution is 2.22. The molecule has 0 unspecified atom stereocenters. The lowest BCUT2D eigenvalue weighted by Crippen LogP contribution is -2.48. The fraction of sp³-hybridized carbons (Fsp3) is 0.417. The summed E-state index contributed by atoms with van der Waals surface area (Å²) in [4.78, 5) is 16.9. The molecule has 0 aliphatic carbocycles. The Balaban J connectivity index is 3.22. The van der Waals surface area contributed by atoms with Crippen molar-refractivity contribution in [2.45, 2.75) is 26.3 Å². The van der Waals surface area contributed by atoms with E-state index in [1.165, 1.54) is 0 Å². The Morgan fingerprint density at radius 3 is 2.59 bits per heavy atom. The van der Waals surface area contributed by atoms with Crippen LogP contribution < -0.4 is 4.90 Å². The van der Waals surface area contributed by atoms with Crippen LogP contribution in [0.3, 0.4) is 0 Å². The molecule has 5 nitrogen and oxygen atoms in total. The summed E-state index contributed by atoms with van der Waals surface area (Å²) < 4.78 is 0. The molecule has 0 saturated heterocycles. The third kappa shape index (κ3) is 2.53. The third-order valence-corrected chi connectivity index (χ3v) is 2.77. The number of hydrogen-bond donors (Lipinski definition) is 1. The fourth-order valence-electron chi connectivity index (χ4n) is 1.32. The van der Waals surface area contributed by atoms with Gasteiger partial charge in [-0.3, -0.25) is 0 Å². The van der Waals surface area contributed by atoms with Gasteiger partial charge < -0.3 is 10.0 Å². The number of carbonyl (C=O) groups is 1. The van der Waals surface area contributed by atoms with Gasteiger partial charge in [0.05, 0.1) is 11.6 Å². The second-order valence-electron chi connectivity index (χ2n) is 4.39. The molecule has 0 saturated carbocycles. The van der Waals surface area contributed by atoms with E-state index in [-0.39, 0.29) is 0 Å². The molecule has 1 aromatic rings. The Bertz CT molecular complexity index is 489. The van der Waals surface area contributed by atoms with Gasteiger partial charge in [-0.15, -0.1) is 0 Å². The standard InChI is InChI=1S/C12H15N3O2/c1-8-5-9(7-13)6-10(14-8)15(4)12(2,3)11(16)17/h5-6H,1-4H3,(H,16,17). The van der Waals surface area contributed by atoms with Crippen LogP contribution in [0.4, 0.5) is 5.82 Å². The number of aryl methyl sites for hydroxylation is 1. The van der Waals surface area contributed by atoms with E-state index in [1.807, 2.05) is 6.07 Å². The zero-order valence-electron chi connectivity index (χ0n) is 10.4. The zero-order chi connectivity index (χ0) is 13.2. The minimum atomic E-state index is -1.08. The number of nitriles is 1. The van der Waals surface area contributed by atoms with E-state index in [9.17, 15) is 4.79 Å². The fourth-order valence-corrected chi connectivity index (χ4v) is 1.32. The predicted molar refractivity (Wildman–Crippen MR) is 63.8 cm³/mol. The smallest absolute Gasteiger partial charge is 0.328 e. The maximum Gasteiger partial charge on any atom is 0.328 e. The first-order valence-corrected chi connectivity index (χ1v) is 5.15. The van der Waals surface area contributed by atoms with Gasteiger partial charge in [0.15, 0.2) is 0 Å². The molecule has 5 heteroatoms. The van der Waals surface area contributed by atoms with Gasteiger partial charge in [0, 0.05) is 12.7 Å². The molecule has 90 valence electrons. The monoisotopic (exact) mass is 233 g/mol. The van der Waals surface area contributed by atoms with Crippen LogP contribution >= 0.6 is 0 Å². The van der Waals surface area contributed by atoms with Gasteiger partial charge in [-0.2, -0.15) is 5.26 Å². The number of aromatic nitrogens is 1. The molecule has 0 atom stereocenters. The highest BCUT2D eigenvalue weighted by molar-refractivity contribution is 5.82. The Hall–Kier alpha value is -2.09. The number of anilines is 1. The molecule has 1 N–H and O–H groups in total. The highest BCUT2D eigenvalue weighted by atomic mass is 16.4. The molecule has 17 heavy (non-hydrogen) atoms.